The number of aryl methyl sites for hydroxylation is 2. The van der Waals surface area contributed by atoms with Crippen LogP contribution < -0.4 is 10.7 Å². The zero-order valence-corrected chi connectivity index (χ0v) is 13.3. The molecule has 0 radical (unpaired) electrons. The van der Waals surface area contributed by atoms with E-state index in [-0.39, 0.29) is 11.8 Å². The van der Waals surface area contributed by atoms with E-state index in [4.69, 9.17) is 0 Å². The fourth-order valence-electron chi connectivity index (χ4n) is 2.98. The van der Waals surface area contributed by atoms with Crippen molar-refractivity contribution in [3.05, 3.63) is 22.8 Å². The molecule has 0 atom stereocenters. The van der Waals surface area contributed by atoms with Crippen LogP contribution in [-0.4, -0.2) is 34.0 Å². The molecule has 0 bridgehead atoms. The van der Waals surface area contributed by atoms with E-state index in [1.54, 1.807) is 0 Å². The maximum Gasteiger partial charge on any atom is 0.267 e. The smallest absolute Gasteiger partial charge is 0.267 e. The van der Waals surface area contributed by atoms with Crippen molar-refractivity contribution in [1.82, 2.24) is 20.7 Å². The predicted octanol–water partition coefficient (Wildman–Crippen LogP) is 0.589. The molecule has 0 aromatic carbocycles. The van der Waals surface area contributed by atoms with Crippen molar-refractivity contribution in [2.45, 2.75) is 51.9 Å². The Morgan fingerprint density at radius 1 is 1.17 bits per heavy atom. The van der Waals surface area contributed by atoms with Gasteiger partial charge in [-0.2, -0.15) is 5.10 Å². The third kappa shape index (κ3) is 3.72. The zero-order valence-electron chi connectivity index (χ0n) is 13.3. The monoisotopic (exact) mass is 315 g/mol. The molecule has 7 nitrogen and oxygen atoms in total. The number of nitrogens with zero attached hydrogens (tertiary/aromatic N) is 3. The minimum Gasteiger partial charge on any atom is -0.350 e. The average Bonchev–Trinajstić information content (AvgIpc) is 2.55. The highest BCUT2D eigenvalue weighted by Gasteiger charge is 2.18. The lowest BCUT2D eigenvalue weighted by Gasteiger charge is -2.17. The fourth-order valence-corrected chi connectivity index (χ4v) is 2.98. The summed E-state index contributed by atoms with van der Waals surface area (Å²) in [6.45, 7) is 2.50. The Hall–Kier alpha value is -2.31. The topological polar surface area (TPSA) is 96.3 Å². The Labute approximate surface area is 135 Å². The lowest BCUT2D eigenvalue weighted by Crippen LogP contribution is -2.37. The van der Waals surface area contributed by atoms with E-state index < -0.39 is 0 Å². The van der Waals surface area contributed by atoms with Gasteiger partial charge in [0.25, 0.3) is 5.91 Å². The lowest BCUT2D eigenvalue weighted by molar-refractivity contribution is -0.121. The second-order valence-electron chi connectivity index (χ2n) is 5.96. The summed E-state index contributed by atoms with van der Waals surface area (Å²) < 4.78 is 0. The fraction of sp³-hybridized carbons (Fsp3) is 0.562. The molecule has 7 heteroatoms. The van der Waals surface area contributed by atoms with Crippen LogP contribution >= 0.6 is 0 Å². The lowest BCUT2D eigenvalue weighted by atomic mass is 9.95. The zero-order chi connectivity index (χ0) is 16.2. The minimum atomic E-state index is -0.236. The normalized spacial score (nSPS) is 17.1. The van der Waals surface area contributed by atoms with Crippen LogP contribution in [0.5, 0.6) is 0 Å². The number of nitrogens with one attached hydrogen (secondary N) is 2. The Kier molecular flexibility index (Phi) is 4.64. The van der Waals surface area contributed by atoms with Gasteiger partial charge in [-0.05, 0) is 38.2 Å². The Morgan fingerprint density at radius 3 is 2.78 bits per heavy atom. The van der Waals surface area contributed by atoms with Gasteiger partial charge >= 0.3 is 0 Å². The molecular weight excluding hydrogens is 294 g/mol. The summed E-state index contributed by atoms with van der Waals surface area (Å²) in [6.07, 6.45) is 5.78. The Balaban J connectivity index is 1.55. The second-order valence-corrected chi connectivity index (χ2v) is 5.96. The van der Waals surface area contributed by atoms with Crippen LogP contribution in [0.3, 0.4) is 0 Å². The number of carbonyl (C=O) groups is 2. The van der Waals surface area contributed by atoms with Crippen LogP contribution in [0.1, 0.15) is 48.5 Å². The molecule has 1 aromatic rings. The molecule has 1 aliphatic carbocycles. The number of carbonyl (C=O) groups excluding carboxylic acids is 2. The van der Waals surface area contributed by atoms with Gasteiger partial charge in [-0.15, -0.1) is 0 Å². The first-order valence-electron chi connectivity index (χ1n) is 8.12. The Bertz CT molecular complexity index is 669. The van der Waals surface area contributed by atoms with Crippen LogP contribution in [-0.2, 0) is 28.9 Å². The number of rotatable bonds is 4. The molecule has 23 heavy (non-hydrogen) atoms. The molecule has 0 spiro atoms. The molecule has 0 fully saturated rings. The molecule has 2 heterocycles. The molecular formula is C16H21N5O2. The minimum absolute atomic E-state index is 0.153. The summed E-state index contributed by atoms with van der Waals surface area (Å²) in [5.41, 5.74) is 6.23. The van der Waals surface area contributed by atoms with E-state index in [1.807, 2.05) is 6.92 Å². The van der Waals surface area contributed by atoms with Gasteiger partial charge < -0.3 is 5.32 Å². The molecule has 2 N–H and O–H groups in total. The number of fused-ring (bicyclic) bond motifs is 1. The summed E-state index contributed by atoms with van der Waals surface area (Å²) in [4.78, 5) is 32.2. The van der Waals surface area contributed by atoms with Crippen molar-refractivity contribution in [1.29, 1.82) is 0 Å². The molecule has 0 saturated carbocycles. The van der Waals surface area contributed by atoms with Crippen LogP contribution in [0.15, 0.2) is 5.10 Å². The van der Waals surface area contributed by atoms with Crippen LogP contribution in [0, 0.1) is 6.92 Å². The maximum absolute atomic E-state index is 12.0. The standard InChI is InChI=1S/C16H21N5O2/c1-10-11-4-2-3-5-12(11)19-14(18-10)8-9-17-16(23)13-6-7-15(22)21-20-13/h2-9H2,1H3,(H,17,23)(H,21,22). The van der Waals surface area contributed by atoms with Gasteiger partial charge in [0, 0.05) is 37.2 Å². The Morgan fingerprint density at radius 2 is 2.00 bits per heavy atom. The molecule has 3 rings (SSSR count). The second kappa shape index (κ2) is 6.85. The van der Waals surface area contributed by atoms with Crippen LogP contribution in [0.25, 0.3) is 0 Å². The summed E-state index contributed by atoms with van der Waals surface area (Å²) in [5.74, 6) is 0.390. The SMILES string of the molecule is Cc1nc(CCNC(=O)C2=NNC(=O)CC2)nc2c1CCCC2. The van der Waals surface area contributed by atoms with Crippen molar-refractivity contribution in [2.75, 3.05) is 6.54 Å². The van der Waals surface area contributed by atoms with Gasteiger partial charge in [0.1, 0.15) is 11.5 Å². The molecule has 1 aromatic heterocycles. The first kappa shape index (κ1) is 15.6. The summed E-state index contributed by atoms with van der Waals surface area (Å²) >= 11 is 0. The maximum atomic E-state index is 12.0. The molecule has 122 valence electrons. The molecule has 2 amide bonds. The number of amides is 2. The van der Waals surface area contributed by atoms with E-state index in [9.17, 15) is 9.59 Å². The third-order valence-electron chi connectivity index (χ3n) is 4.24. The highest BCUT2D eigenvalue weighted by Crippen LogP contribution is 2.21. The van der Waals surface area contributed by atoms with E-state index >= 15 is 0 Å². The summed E-state index contributed by atoms with van der Waals surface area (Å²) in [5, 5.41) is 6.60. The van der Waals surface area contributed by atoms with Gasteiger partial charge in [0.2, 0.25) is 5.91 Å². The molecule has 1 aliphatic heterocycles. The van der Waals surface area contributed by atoms with Gasteiger partial charge in [-0.3, -0.25) is 9.59 Å². The van der Waals surface area contributed by atoms with Gasteiger partial charge in [0.15, 0.2) is 0 Å². The number of hydrogen-bond donors (Lipinski definition) is 2. The highest BCUT2D eigenvalue weighted by molar-refractivity contribution is 6.39. The van der Waals surface area contributed by atoms with Crippen molar-refractivity contribution in [3.8, 4) is 0 Å². The quantitative estimate of drug-likeness (QED) is 0.850. The van der Waals surface area contributed by atoms with E-state index in [0.717, 1.165) is 24.4 Å². The molecule has 0 saturated heterocycles. The van der Waals surface area contributed by atoms with Gasteiger partial charge in [-0.25, -0.2) is 15.4 Å². The highest BCUT2D eigenvalue weighted by atomic mass is 16.2. The molecule has 2 aliphatic rings. The van der Waals surface area contributed by atoms with Gasteiger partial charge in [-0.1, -0.05) is 0 Å². The first-order valence-corrected chi connectivity index (χ1v) is 8.12. The average molecular weight is 315 g/mol. The first-order chi connectivity index (χ1) is 11.1. The largest absolute Gasteiger partial charge is 0.350 e. The third-order valence-corrected chi connectivity index (χ3v) is 4.24. The van der Waals surface area contributed by atoms with E-state index in [0.29, 0.717) is 31.5 Å². The van der Waals surface area contributed by atoms with E-state index in [1.165, 1.54) is 24.1 Å². The van der Waals surface area contributed by atoms with Crippen molar-refractivity contribution in [2.24, 2.45) is 5.10 Å². The van der Waals surface area contributed by atoms with Crippen LogP contribution in [0.2, 0.25) is 0 Å². The number of hydrazone groups is 1. The predicted molar refractivity (Wildman–Crippen MR) is 84.9 cm³/mol. The van der Waals surface area contributed by atoms with Crippen molar-refractivity contribution < 1.29 is 9.59 Å². The molecule has 0 unspecified atom stereocenters. The van der Waals surface area contributed by atoms with Crippen molar-refractivity contribution >= 4 is 17.5 Å². The summed E-state index contributed by atoms with van der Waals surface area (Å²) in [7, 11) is 0. The summed E-state index contributed by atoms with van der Waals surface area (Å²) in [6, 6.07) is 0. The van der Waals surface area contributed by atoms with E-state index in [2.05, 4.69) is 25.8 Å². The van der Waals surface area contributed by atoms with Gasteiger partial charge in [0.05, 0.1) is 0 Å². The van der Waals surface area contributed by atoms with Crippen LogP contribution in [0.4, 0.5) is 0 Å². The number of aromatic nitrogens is 2. The number of hydrogen-bond acceptors (Lipinski definition) is 5. The van der Waals surface area contributed by atoms with Crippen molar-refractivity contribution in [3.63, 3.8) is 0 Å².